The van der Waals surface area contributed by atoms with Crippen molar-refractivity contribution in [1.82, 2.24) is 4.57 Å². The van der Waals surface area contributed by atoms with Gasteiger partial charge in [-0.25, -0.2) is 0 Å². The molecule has 0 radical (unpaired) electrons. The summed E-state index contributed by atoms with van der Waals surface area (Å²) in [5, 5.41) is 3.72. The molecule has 2 aliphatic rings. The average molecular weight is 603 g/mol. The van der Waals surface area contributed by atoms with Gasteiger partial charge in [-0.15, -0.1) is 0 Å². The highest BCUT2D eigenvalue weighted by Gasteiger charge is 2.29. The van der Waals surface area contributed by atoms with E-state index in [4.69, 9.17) is 0 Å². The van der Waals surface area contributed by atoms with E-state index in [9.17, 15) is 0 Å². The smallest absolute Gasteiger partial charge is 0.123 e. The molecule has 0 fully saturated rings. The van der Waals surface area contributed by atoms with Gasteiger partial charge in [-0.05, 0) is 93.0 Å². The SMILES string of the molecule is CC.c1cc(-c2cccc3c2Cc2ccccc2-3)cc(N2c3ccccc3-c3cc4ccccc4cc3-n3c2cc2ccccc23)c1. The van der Waals surface area contributed by atoms with Gasteiger partial charge in [0.1, 0.15) is 5.82 Å². The van der Waals surface area contributed by atoms with Gasteiger partial charge in [-0.2, -0.15) is 0 Å². The van der Waals surface area contributed by atoms with Crippen molar-refractivity contribution < 1.29 is 0 Å². The lowest BCUT2D eigenvalue weighted by atomic mass is 9.95. The van der Waals surface area contributed by atoms with Crippen LogP contribution in [0.2, 0.25) is 0 Å². The standard InChI is InChI=1S/C43H28N2.C2H6/c1-2-12-29-26-42-39(24-28(29)11-1)37-18-6-8-22-41(37)44(43-27-32-14-4-7-21-40(32)45(42)43)33-16-9-15-30(23-33)35-19-10-20-36-34-17-5-3-13-31(34)25-38(35)36;1-2/h1-24,26-27H,25H2;1-2H3. The van der Waals surface area contributed by atoms with Crippen LogP contribution in [0.25, 0.3) is 60.7 Å². The number of hydrogen-bond acceptors (Lipinski definition) is 1. The summed E-state index contributed by atoms with van der Waals surface area (Å²) < 4.78 is 2.46. The third-order valence-electron chi connectivity index (χ3n) is 9.73. The molecule has 2 heteroatoms. The predicted octanol–water partition coefficient (Wildman–Crippen LogP) is 12.5. The van der Waals surface area contributed by atoms with Crippen LogP contribution in [0.1, 0.15) is 25.0 Å². The average Bonchev–Trinajstić information content (AvgIpc) is 3.68. The summed E-state index contributed by atoms with van der Waals surface area (Å²) >= 11 is 0. The third kappa shape index (κ3) is 4.18. The summed E-state index contributed by atoms with van der Waals surface area (Å²) in [5.74, 6) is 1.14. The largest absolute Gasteiger partial charge is 0.295 e. The molecule has 1 aromatic heterocycles. The van der Waals surface area contributed by atoms with E-state index in [0.29, 0.717) is 0 Å². The van der Waals surface area contributed by atoms with E-state index in [1.807, 2.05) is 13.8 Å². The van der Waals surface area contributed by atoms with Crippen LogP contribution in [-0.2, 0) is 6.42 Å². The van der Waals surface area contributed by atoms with Gasteiger partial charge in [-0.3, -0.25) is 9.47 Å². The number of benzene rings is 7. The molecule has 10 rings (SSSR count). The Hall–Kier alpha value is -5.86. The number of anilines is 3. The molecule has 0 atom stereocenters. The number of aromatic nitrogens is 1. The molecule has 0 N–H and O–H groups in total. The number of hydrogen-bond donors (Lipinski definition) is 0. The second-order valence-electron chi connectivity index (χ2n) is 12.2. The fourth-order valence-electron chi connectivity index (χ4n) is 7.72. The maximum atomic E-state index is 2.46. The van der Waals surface area contributed by atoms with Crippen LogP contribution < -0.4 is 4.90 Å². The highest BCUT2D eigenvalue weighted by atomic mass is 15.3. The van der Waals surface area contributed by atoms with E-state index in [-0.39, 0.29) is 0 Å². The molecule has 2 heterocycles. The quantitative estimate of drug-likeness (QED) is 0.191. The summed E-state index contributed by atoms with van der Waals surface area (Å²) in [5.41, 5.74) is 15.3. The van der Waals surface area contributed by atoms with Gasteiger partial charge in [0, 0.05) is 22.2 Å². The minimum atomic E-state index is 0.968. The summed E-state index contributed by atoms with van der Waals surface area (Å²) in [6.45, 7) is 4.00. The van der Waals surface area contributed by atoms with Crippen molar-refractivity contribution in [3.8, 4) is 39.1 Å². The third-order valence-corrected chi connectivity index (χ3v) is 9.73. The van der Waals surface area contributed by atoms with Gasteiger partial charge in [-0.1, -0.05) is 129 Å². The van der Waals surface area contributed by atoms with Crippen molar-refractivity contribution in [3.63, 3.8) is 0 Å². The van der Waals surface area contributed by atoms with Gasteiger partial charge in [0.2, 0.25) is 0 Å². The minimum Gasteiger partial charge on any atom is -0.295 e. The van der Waals surface area contributed by atoms with Crippen LogP contribution >= 0.6 is 0 Å². The maximum absolute atomic E-state index is 2.46. The minimum absolute atomic E-state index is 0.968. The Kier molecular flexibility index (Phi) is 6.36. The Morgan fingerprint density at radius 1 is 0.447 bits per heavy atom. The van der Waals surface area contributed by atoms with E-state index < -0.39 is 0 Å². The molecule has 0 bridgehead atoms. The lowest BCUT2D eigenvalue weighted by molar-refractivity contribution is 1.09. The zero-order valence-electron chi connectivity index (χ0n) is 26.6. The second-order valence-corrected chi connectivity index (χ2v) is 12.2. The van der Waals surface area contributed by atoms with Crippen LogP contribution in [0.5, 0.6) is 0 Å². The van der Waals surface area contributed by atoms with Crippen molar-refractivity contribution in [1.29, 1.82) is 0 Å². The molecule has 0 spiro atoms. The molecule has 1 aliphatic heterocycles. The first-order valence-corrected chi connectivity index (χ1v) is 16.7. The lowest BCUT2D eigenvalue weighted by Gasteiger charge is -2.26. The Bertz CT molecular complexity index is 2480. The number of nitrogens with zero attached hydrogens (tertiary/aromatic N) is 2. The van der Waals surface area contributed by atoms with Gasteiger partial charge in [0.25, 0.3) is 0 Å². The lowest BCUT2D eigenvalue weighted by Crippen LogP contribution is -2.13. The van der Waals surface area contributed by atoms with Crippen molar-refractivity contribution >= 4 is 38.9 Å². The van der Waals surface area contributed by atoms with Crippen molar-refractivity contribution in [2.75, 3.05) is 4.90 Å². The van der Waals surface area contributed by atoms with Gasteiger partial charge >= 0.3 is 0 Å². The second kappa shape index (κ2) is 10.9. The predicted molar refractivity (Wildman–Crippen MR) is 199 cm³/mol. The maximum Gasteiger partial charge on any atom is 0.123 e. The summed E-state index contributed by atoms with van der Waals surface area (Å²) in [7, 11) is 0. The van der Waals surface area contributed by atoms with Gasteiger partial charge in [0.05, 0.1) is 16.9 Å². The van der Waals surface area contributed by atoms with Gasteiger partial charge in [0.15, 0.2) is 0 Å². The molecule has 0 saturated carbocycles. The molecule has 224 valence electrons. The summed E-state index contributed by atoms with van der Waals surface area (Å²) in [6.07, 6.45) is 0.968. The Labute approximate surface area is 275 Å². The van der Waals surface area contributed by atoms with Crippen molar-refractivity contribution in [3.05, 3.63) is 169 Å². The van der Waals surface area contributed by atoms with Crippen LogP contribution in [0.15, 0.2) is 158 Å². The number of fused-ring (bicyclic) bond motifs is 11. The molecular weight excluding hydrogens is 569 g/mol. The topological polar surface area (TPSA) is 8.17 Å². The first kappa shape index (κ1) is 27.5. The van der Waals surface area contributed by atoms with E-state index in [2.05, 4.69) is 167 Å². The molecule has 0 saturated heterocycles. The number of rotatable bonds is 2. The van der Waals surface area contributed by atoms with Crippen LogP contribution in [-0.4, -0.2) is 4.57 Å². The van der Waals surface area contributed by atoms with Gasteiger partial charge < -0.3 is 0 Å². The fourth-order valence-corrected chi connectivity index (χ4v) is 7.72. The van der Waals surface area contributed by atoms with E-state index >= 15 is 0 Å². The molecule has 47 heavy (non-hydrogen) atoms. The Morgan fingerprint density at radius 3 is 1.98 bits per heavy atom. The number of para-hydroxylation sites is 2. The highest BCUT2D eigenvalue weighted by Crippen LogP contribution is 2.50. The Morgan fingerprint density at radius 2 is 1.11 bits per heavy atom. The summed E-state index contributed by atoms with van der Waals surface area (Å²) in [4.78, 5) is 2.46. The zero-order chi connectivity index (χ0) is 31.5. The molecule has 0 unspecified atom stereocenters. The molecule has 8 aromatic rings. The highest BCUT2D eigenvalue weighted by molar-refractivity contribution is 6.03. The van der Waals surface area contributed by atoms with Crippen LogP contribution in [0.3, 0.4) is 0 Å². The van der Waals surface area contributed by atoms with Crippen molar-refractivity contribution in [2.45, 2.75) is 20.3 Å². The Balaban J connectivity index is 0.00000149. The first-order chi connectivity index (χ1) is 23.3. The molecule has 7 aromatic carbocycles. The van der Waals surface area contributed by atoms with Crippen LogP contribution in [0, 0.1) is 0 Å². The first-order valence-electron chi connectivity index (χ1n) is 16.7. The molecule has 1 aliphatic carbocycles. The van der Waals surface area contributed by atoms with E-state index in [1.54, 1.807) is 0 Å². The normalized spacial score (nSPS) is 12.3. The van der Waals surface area contributed by atoms with E-state index in [0.717, 1.165) is 17.9 Å². The van der Waals surface area contributed by atoms with Crippen LogP contribution in [0.4, 0.5) is 17.2 Å². The monoisotopic (exact) mass is 602 g/mol. The molecular formula is C45H34N2. The summed E-state index contributed by atoms with van der Waals surface area (Å²) in [6, 6.07) is 58.1. The fraction of sp³-hybridized carbons (Fsp3) is 0.0667. The zero-order valence-corrected chi connectivity index (χ0v) is 26.6. The van der Waals surface area contributed by atoms with E-state index in [1.165, 1.54) is 77.6 Å². The molecule has 0 amide bonds. The van der Waals surface area contributed by atoms with Crippen molar-refractivity contribution in [2.24, 2.45) is 0 Å². The molecule has 2 nitrogen and oxygen atoms in total.